The van der Waals surface area contributed by atoms with Crippen LogP contribution in [0.4, 0.5) is 5.82 Å². The molecule has 0 aliphatic carbocycles. The van der Waals surface area contributed by atoms with Gasteiger partial charge in [-0.2, -0.15) is 5.10 Å². The first kappa shape index (κ1) is 21.4. The topological polar surface area (TPSA) is 69.0 Å². The van der Waals surface area contributed by atoms with Crippen molar-refractivity contribution >= 4 is 46.3 Å². The summed E-state index contributed by atoms with van der Waals surface area (Å²) in [5.41, 5.74) is 2.14. The van der Waals surface area contributed by atoms with E-state index < -0.39 is 0 Å². The Hall–Kier alpha value is -2.87. The van der Waals surface area contributed by atoms with E-state index in [0.717, 1.165) is 16.3 Å². The Balaban J connectivity index is 1.44. The van der Waals surface area contributed by atoms with E-state index in [9.17, 15) is 4.79 Å². The Labute approximate surface area is 193 Å². The number of halogens is 2. The molecule has 2 aromatic heterocycles. The highest BCUT2D eigenvalue weighted by Gasteiger charge is 2.13. The summed E-state index contributed by atoms with van der Waals surface area (Å²) in [6.07, 6.45) is 1.61. The van der Waals surface area contributed by atoms with Crippen molar-refractivity contribution in [1.82, 2.24) is 14.8 Å². The number of nitrogens with zero attached hydrogens (tertiary/aromatic N) is 3. The summed E-state index contributed by atoms with van der Waals surface area (Å²) in [6.45, 7) is 2.67. The number of carbonyl (C=O) groups is 1. The fourth-order valence-electron chi connectivity index (χ4n) is 2.94. The van der Waals surface area contributed by atoms with Crippen LogP contribution < -0.4 is 10.1 Å². The van der Waals surface area contributed by atoms with E-state index in [1.54, 1.807) is 58.6 Å². The molecule has 0 fully saturated rings. The highest BCUT2D eigenvalue weighted by atomic mass is 35.5. The van der Waals surface area contributed by atoms with Gasteiger partial charge in [-0.25, -0.2) is 9.67 Å². The molecule has 2 heterocycles. The number of nitrogens with one attached hydrogen (secondary N) is 1. The number of ether oxygens (including phenoxy) is 1. The van der Waals surface area contributed by atoms with Gasteiger partial charge in [0.1, 0.15) is 18.2 Å². The SMILES string of the molecule is Cc1nc(COc2cccc(C(=O)Nc3ccnn3Cc3cccc(Cl)c3Cl)c2)cs1. The maximum Gasteiger partial charge on any atom is 0.256 e. The summed E-state index contributed by atoms with van der Waals surface area (Å²) in [4.78, 5) is 17.2. The van der Waals surface area contributed by atoms with Crippen LogP contribution in [0.25, 0.3) is 0 Å². The second-order valence-corrected chi connectivity index (χ2v) is 8.56. The summed E-state index contributed by atoms with van der Waals surface area (Å²) in [6, 6.07) is 14.1. The third-order valence-corrected chi connectivity index (χ3v) is 6.14. The summed E-state index contributed by atoms with van der Waals surface area (Å²) in [5, 5.41) is 11.1. The third kappa shape index (κ3) is 5.25. The first-order valence-corrected chi connectivity index (χ1v) is 11.0. The van der Waals surface area contributed by atoms with Crippen LogP contribution in [0.1, 0.15) is 26.6 Å². The third-order valence-electron chi connectivity index (χ3n) is 4.46. The summed E-state index contributed by atoms with van der Waals surface area (Å²) in [5.74, 6) is 0.872. The van der Waals surface area contributed by atoms with Gasteiger partial charge in [-0.1, -0.05) is 41.4 Å². The fourth-order valence-corrected chi connectivity index (χ4v) is 3.92. The van der Waals surface area contributed by atoms with Crippen molar-refractivity contribution in [3.8, 4) is 5.75 Å². The first-order chi connectivity index (χ1) is 15.0. The molecule has 158 valence electrons. The fraction of sp³-hybridized carbons (Fsp3) is 0.136. The predicted molar refractivity (Wildman–Crippen MR) is 123 cm³/mol. The second kappa shape index (κ2) is 9.51. The first-order valence-electron chi connectivity index (χ1n) is 9.39. The van der Waals surface area contributed by atoms with Gasteiger partial charge in [-0.05, 0) is 36.8 Å². The van der Waals surface area contributed by atoms with Gasteiger partial charge < -0.3 is 10.1 Å². The monoisotopic (exact) mass is 472 g/mol. The van der Waals surface area contributed by atoms with Crippen LogP contribution in [-0.4, -0.2) is 20.7 Å². The molecule has 0 aliphatic heterocycles. The Kier molecular flexibility index (Phi) is 6.56. The van der Waals surface area contributed by atoms with E-state index >= 15 is 0 Å². The van der Waals surface area contributed by atoms with Gasteiger partial charge >= 0.3 is 0 Å². The molecule has 0 aliphatic rings. The number of rotatable bonds is 7. The van der Waals surface area contributed by atoms with Crippen LogP contribution in [0.3, 0.4) is 0 Å². The number of amides is 1. The minimum atomic E-state index is -0.270. The lowest BCUT2D eigenvalue weighted by atomic mass is 10.2. The van der Waals surface area contributed by atoms with E-state index in [-0.39, 0.29) is 5.91 Å². The van der Waals surface area contributed by atoms with Crippen molar-refractivity contribution < 1.29 is 9.53 Å². The van der Waals surface area contributed by atoms with Crippen LogP contribution in [0, 0.1) is 6.92 Å². The van der Waals surface area contributed by atoms with Crippen molar-refractivity contribution in [3.05, 3.63) is 92.0 Å². The highest BCUT2D eigenvalue weighted by molar-refractivity contribution is 7.09. The van der Waals surface area contributed by atoms with Gasteiger partial charge in [0.05, 0.1) is 33.5 Å². The van der Waals surface area contributed by atoms with Gasteiger partial charge in [-0.3, -0.25) is 4.79 Å². The van der Waals surface area contributed by atoms with E-state index in [4.69, 9.17) is 27.9 Å². The molecule has 9 heteroatoms. The Morgan fingerprint density at radius 1 is 1.19 bits per heavy atom. The average molecular weight is 473 g/mol. The zero-order valence-electron chi connectivity index (χ0n) is 16.5. The number of hydrogen-bond acceptors (Lipinski definition) is 5. The van der Waals surface area contributed by atoms with Crippen LogP contribution >= 0.6 is 34.5 Å². The maximum atomic E-state index is 12.8. The minimum absolute atomic E-state index is 0.270. The molecule has 4 aromatic rings. The molecular weight excluding hydrogens is 455 g/mol. The van der Waals surface area contributed by atoms with E-state index in [1.807, 2.05) is 24.4 Å². The summed E-state index contributed by atoms with van der Waals surface area (Å²) < 4.78 is 7.43. The van der Waals surface area contributed by atoms with Gasteiger partial charge in [-0.15, -0.1) is 11.3 Å². The number of benzene rings is 2. The van der Waals surface area contributed by atoms with Crippen molar-refractivity contribution in [2.24, 2.45) is 0 Å². The minimum Gasteiger partial charge on any atom is -0.487 e. The van der Waals surface area contributed by atoms with Crippen molar-refractivity contribution in [1.29, 1.82) is 0 Å². The standard InChI is InChI=1S/C22H18Cl2N4O2S/c1-14-26-17(13-31-14)12-30-18-6-2-4-15(10-18)22(29)27-20-8-9-25-28(20)11-16-5-3-7-19(23)21(16)24/h2-10,13H,11-12H2,1H3,(H,27,29). The number of aryl methyl sites for hydroxylation is 1. The number of carbonyl (C=O) groups excluding carboxylic acids is 1. The molecule has 4 rings (SSSR count). The van der Waals surface area contributed by atoms with E-state index in [0.29, 0.717) is 40.3 Å². The quantitative estimate of drug-likeness (QED) is 0.367. The van der Waals surface area contributed by atoms with Crippen LogP contribution in [0.5, 0.6) is 5.75 Å². The molecule has 2 aromatic carbocycles. The Bertz CT molecular complexity index is 1220. The zero-order valence-corrected chi connectivity index (χ0v) is 18.8. The largest absolute Gasteiger partial charge is 0.487 e. The number of anilines is 1. The molecule has 0 radical (unpaired) electrons. The normalized spacial score (nSPS) is 10.8. The van der Waals surface area contributed by atoms with Gasteiger partial charge in [0.2, 0.25) is 0 Å². The zero-order chi connectivity index (χ0) is 21.8. The smallest absolute Gasteiger partial charge is 0.256 e. The Morgan fingerprint density at radius 2 is 2.03 bits per heavy atom. The van der Waals surface area contributed by atoms with Gasteiger partial charge in [0.25, 0.3) is 5.91 Å². The lowest BCUT2D eigenvalue weighted by Crippen LogP contribution is -2.16. The van der Waals surface area contributed by atoms with Crippen molar-refractivity contribution in [3.63, 3.8) is 0 Å². The lowest BCUT2D eigenvalue weighted by molar-refractivity contribution is 0.102. The molecule has 6 nitrogen and oxygen atoms in total. The number of hydrogen-bond donors (Lipinski definition) is 1. The van der Waals surface area contributed by atoms with Crippen LogP contribution in [0.15, 0.2) is 60.1 Å². The number of aromatic nitrogens is 3. The molecule has 0 saturated carbocycles. The predicted octanol–water partition coefficient (Wildman–Crippen LogP) is 5.83. The van der Waals surface area contributed by atoms with Crippen molar-refractivity contribution in [2.45, 2.75) is 20.1 Å². The molecule has 1 N–H and O–H groups in total. The van der Waals surface area contributed by atoms with E-state index in [2.05, 4.69) is 15.4 Å². The van der Waals surface area contributed by atoms with Crippen LogP contribution in [0.2, 0.25) is 10.0 Å². The van der Waals surface area contributed by atoms with Gasteiger partial charge in [0.15, 0.2) is 0 Å². The summed E-state index contributed by atoms with van der Waals surface area (Å²) in [7, 11) is 0. The van der Waals surface area contributed by atoms with Crippen LogP contribution in [-0.2, 0) is 13.2 Å². The Morgan fingerprint density at radius 3 is 2.84 bits per heavy atom. The molecule has 0 spiro atoms. The molecular formula is C22H18Cl2N4O2S. The highest BCUT2D eigenvalue weighted by Crippen LogP contribution is 2.27. The average Bonchev–Trinajstić information content (AvgIpc) is 3.38. The molecule has 0 atom stereocenters. The number of thiazole rings is 1. The molecule has 0 saturated heterocycles. The molecule has 1 amide bonds. The lowest BCUT2D eigenvalue weighted by Gasteiger charge is -2.11. The second-order valence-electron chi connectivity index (χ2n) is 6.72. The van der Waals surface area contributed by atoms with E-state index in [1.165, 1.54) is 0 Å². The molecule has 0 bridgehead atoms. The summed E-state index contributed by atoms with van der Waals surface area (Å²) >= 11 is 13.9. The molecule has 0 unspecified atom stereocenters. The molecule has 31 heavy (non-hydrogen) atoms. The van der Waals surface area contributed by atoms with Gasteiger partial charge in [0, 0.05) is 17.0 Å². The maximum absolute atomic E-state index is 12.8. The van der Waals surface area contributed by atoms with Crippen molar-refractivity contribution in [2.75, 3.05) is 5.32 Å².